The quantitative estimate of drug-likeness (QED) is 0.330. The van der Waals surface area contributed by atoms with Crippen LogP contribution < -0.4 is 24.4 Å². The van der Waals surface area contributed by atoms with Crippen molar-refractivity contribution in [2.75, 3.05) is 12.0 Å². The van der Waals surface area contributed by atoms with Crippen LogP contribution >= 0.6 is 35.3 Å². The lowest BCUT2D eigenvalue weighted by Gasteiger charge is -2.27. The van der Waals surface area contributed by atoms with E-state index in [-0.39, 0.29) is 13.9 Å². The first kappa shape index (κ1) is 30.8. The van der Waals surface area contributed by atoms with Gasteiger partial charge in [-0.25, -0.2) is 4.90 Å². The second kappa shape index (κ2) is 13.1. The molecule has 0 spiro atoms. The molecule has 11 heteroatoms. The molecule has 2 aromatic carbocycles. The SMILES string of the molecule is C#CC#CC#CC#CN1C(=O)/C(=c2\s/c(=C/c3ccc4c(c3)C3CCCC3N4c3ccc(OC)cc3)c(=O)n2CC(=O)O)SC1=S. The average Bonchev–Trinajstić information content (AvgIpc) is 3.78. The Hall–Kier alpha value is -5.17. The number of anilines is 2. The minimum atomic E-state index is -1.21. The summed E-state index contributed by atoms with van der Waals surface area (Å²) in [5.74, 6) is 13.7. The summed E-state index contributed by atoms with van der Waals surface area (Å²) in [6.45, 7) is -0.613. The summed E-state index contributed by atoms with van der Waals surface area (Å²) in [4.78, 5) is 42.2. The summed E-state index contributed by atoms with van der Waals surface area (Å²) >= 11 is 7.36. The number of aliphatic carboxylic acids is 1. The van der Waals surface area contributed by atoms with Gasteiger partial charge in [-0.3, -0.25) is 19.0 Å². The van der Waals surface area contributed by atoms with Crippen LogP contribution in [0.15, 0.2) is 47.3 Å². The summed E-state index contributed by atoms with van der Waals surface area (Å²) in [5, 5.41) is 9.60. The Morgan fingerprint density at radius 1 is 1.11 bits per heavy atom. The highest BCUT2D eigenvalue weighted by Crippen LogP contribution is 2.52. The maximum Gasteiger partial charge on any atom is 0.323 e. The molecular weight excluding hydrogens is 639 g/mol. The van der Waals surface area contributed by atoms with Crippen LogP contribution in [0.4, 0.5) is 11.4 Å². The molecule has 2 fully saturated rings. The van der Waals surface area contributed by atoms with E-state index in [4.69, 9.17) is 23.4 Å². The Morgan fingerprint density at radius 2 is 1.87 bits per heavy atom. The molecule has 0 bridgehead atoms. The van der Waals surface area contributed by atoms with Crippen molar-refractivity contribution in [3.63, 3.8) is 0 Å². The van der Waals surface area contributed by atoms with Crippen molar-refractivity contribution in [1.29, 1.82) is 0 Å². The molecular formula is C35H23N3O5S3. The highest BCUT2D eigenvalue weighted by atomic mass is 32.2. The van der Waals surface area contributed by atoms with Crippen LogP contribution in [-0.4, -0.2) is 43.9 Å². The molecule has 2 aliphatic heterocycles. The number of carbonyl (C=O) groups is 2. The maximum atomic E-state index is 13.6. The van der Waals surface area contributed by atoms with Gasteiger partial charge in [0.05, 0.1) is 11.6 Å². The van der Waals surface area contributed by atoms with Gasteiger partial charge in [-0.1, -0.05) is 36.5 Å². The van der Waals surface area contributed by atoms with Crippen LogP contribution in [0.25, 0.3) is 11.0 Å². The Kier molecular flexibility index (Phi) is 8.75. The van der Waals surface area contributed by atoms with Crippen LogP contribution in [-0.2, 0) is 16.1 Å². The van der Waals surface area contributed by atoms with E-state index in [1.165, 1.54) is 5.56 Å². The van der Waals surface area contributed by atoms with Crippen molar-refractivity contribution in [3.05, 3.63) is 73.1 Å². The molecule has 1 aliphatic carbocycles. The number of fused-ring (bicyclic) bond motifs is 3. The highest BCUT2D eigenvalue weighted by Gasteiger charge is 2.42. The van der Waals surface area contributed by atoms with Gasteiger partial charge in [-0.05, 0) is 84.2 Å². The lowest BCUT2D eigenvalue weighted by molar-refractivity contribution is -0.137. The molecule has 1 amide bonds. The third kappa shape index (κ3) is 5.81. The van der Waals surface area contributed by atoms with Gasteiger partial charge in [0, 0.05) is 47.1 Å². The van der Waals surface area contributed by atoms with E-state index in [1.54, 1.807) is 13.2 Å². The summed E-state index contributed by atoms with van der Waals surface area (Å²) < 4.78 is 7.10. The van der Waals surface area contributed by atoms with Gasteiger partial charge >= 0.3 is 5.97 Å². The zero-order chi connectivity index (χ0) is 32.4. The number of terminal acetylenes is 1. The molecule has 6 rings (SSSR count). The number of thiocarbonyl (C=S) groups is 1. The number of ether oxygens (including phenoxy) is 1. The van der Waals surface area contributed by atoms with Gasteiger partial charge < -0.3 is 14.7 Å². The van der Waals surface area contributed by atoms with Crippen LogP contribution in [0.2, 0.25) is 0 Å². The molecule has 3 aromatic rings. The molecule has 3 heterocycles. The minimum absolute atomic E-state index is 0.125. The van der Waals surface area contributed by atoms with Crippen molar-refractivity contribution in [2.24, 2.45) is 0 Å². The fourth-order valence-electron chi connectivity index (χ4n) is 5.97. The lowest BCUT2D eigenvalue weighted by atomic mass is 9.96. The van der Waals surface area contributed by atoms with E-state index in [0.29, 0.717) is 16.5 Å². The predicted octanol–water partition coefficient (Wildman–Crippen LogP) is 3.19. The zero-order valence-electron chi connectivity index (χ0n) is 24.3. The molecule has 3 aliphatic rings. The fourth-order valence-corrected chi connectivity index (χ4v) is 8.41. The molecule has 0 radical (unpaired) electrons. The van der Waals surface area contributed by atoms with E-state index < -0.39 is 24.0 Å². The van der Waals surface area contributed by atoms with Gasteiger partial charge in [0.15, 0.2) is 4.32 Å². The molecule has 1 N–H and O–H groups in total. The highest BCUT2D eigenvalue weighted by molar-refractivity contribution is 8.30. The van der Waals surface area contributed by atoms with Crippen LogP contribution in [0.3, 0.4) is 0 Å². The van der Waals surface area contributed by atoms with Crippen molar-refractivity contribution >= 4 is 73.9 Å². The topological polar surface area (TPSA) is 92.1 Å². The second-order valence-electron chi connectivity index (χ2n) is 10.4. The first-order valence-corrected chi connectivity index (χ1v) is 16.1. The van der Waals surface area contributed by atoms with Crippen molar-refractivity contribution in [3.8, 4) is 53.7 Å². The molecule has 8 nitrogen and oxygen atoms in total. The molecule has 1 aromatic heterocycles. The Labute approximate surface area is 278 Å². The molecule has 2 unspecified atom stereocenters. The van der Waals surface area contributed by atoms with Gasteiger partial charge in [0.25, 0.3) is 11.5 Å². The number of benzene rings is 2. The second-order valence-corrected chi connectivity index (χ2v) is 13.1. The number of hydrogen-bond acceptors (Lipinski definition) is 8. The maximum absolute atomic E-state index is 13.6. The monoisotopic (exact) mass is 661 g/mol. The zero-order valence-corrected chi connectivity index (χ0v) is 26.8. The molecule has 46 heavy (non-hydrogen) atoms. The predicted molar refractivity (Wildman–Crippen MR) is 184 cm³/mol. The number of aromatic nitrogens is 1. The number of thioether (sulfide) groups is 1. The van der Waals surface area contributed by atoms with E-state index in [9.17, 15) is 19.5 Å². The summed E-state index contributed by atoms with van der Waals surface area (Å²) in [7, 11) is 1.65. The van der Waals surface area contributed by atoms with E-state index in [0.717, 1.165) is 74.5 Å². The Bertz CT molecular complexity index is 2230. The summed E-state index contributed by atoms with van der Waals surface area (Å²) in [6.07, 6.45) is 10.1. The number of carboxylic acids is 1. The molecule has 1 saturated heterocycles. The lowest BCUT2D eigenvalue weighted by Crippen LogP contribution is -2.35. The van der Waals surface area contributed by atoms with Crippen molar-refractivity contribution in [2.45, 2.75) is 37.8 Å². The first-order valence-electron chi connectivity index (χ1n) is 14.1. The summed E-state index contributed by atoms with van der Waals surface area (Å²) in [6, 6.07) is 17.2. The normalized spacial score (nSPS) is 19.3. The van der Waals surface area contributed by atoms with E-state index >= 15 is 0 Å². The number of carbonyl (C=O) groups excluding carboxylic acids is 1. The fraction of sp³-hybridized carbons (Fsp3) is 0.200. The third-order valence-corrected chi connectivity index (χ3v) is 10.4. The standard InChI is InChI=1S/C35H23N3O5S3/c1-3-4-5-6-7-8-18-36-33(42)31(46-35(36)44)34-37(21-30(39)40)32(41)29(45-34)20-22-12-17-28-26(19-22)25-10-9-11-27(25)38(28)23-13-15-24(43-2)16-14-23/h1,12-17,19-20,25,27H,9-11,21H2,2H3,(H,39,40)/b29-20+,34-31+. The minimum Gasteiger partial charge on any atom is -0.497 e. The Balaban J connectivity index is 1.40. The molecule has 226 valence electrons. The van der Waals surface area contributed by atoms with E-state index in [2.05, 4.69) is 70.7 Å². The molecule has 1 saturated carbocycles. The largest absolute Gasteiger partial charge is 0.497 e. The van der Waals surface area contributed by atoms with Gasteiger partial charge in [0.2, 0.25) is 0 Å². The number of hydrogen-bond donors (Lipinski definition) is 1. The first-order chi connectivity index (χ1) is 22.3. The van der Waals surface area contributed by atoms with E-state index in [1.807, 2.05) is 18.2 Å². The Morgan fingerprint density at radius 3 is 2.61 bits per heavy atom. The smallest absolute Gasteiger partial charge is 0.323 e. The number of nitrogens with zero attached hydrogens (tertiary/aromatic N) is 3. The number of amides is 1. The third-order valence-electron chi connectivity index (χ3n) is 7.82. The summed E-state index contributed by atoms with van der Waals surface area (Å²) in [5.41, 5.74) is 3.77. The average molecular weight is 662 g/mol. The van der Waals surface area contributed by atoms with Crippen LogP contribution in [0, 0.1) is 48.0 Å². The number of rotatable bonds is 5. The van der Waals surface area contributed by atoms with Crippen molar-refractivity contribution in [1.82, 2.24) is 9.47 Å². The van der Waals surface area contributed by atoms with Gasteiger partial charge in [-0.2, -0.15) is 0 Å². The van der Waals surface area contributed by atoms with Gasteiger partial charge in [-0.15, -0.1) is 17.8 Å². The number of thiazole rings is 1. The van der Waals surface area contributed by atoms with Crippen LogP contribution in [0.1, 0.15) is 36.3 Å². The van der Waals surface area contributed by atoms with Crippen LogP contribution in [0.5, 0.6) is 5.75 Å². The van der Waals surface area contributed by atoms with Crippen molar-refractivity contribution < 1.29 is 19.4 Å². The van der Waals surface area contributed by atoms with Gasteiger partial charge in [0.1, 0.15) is 21.9 Å². The molecule has 2 atom stereocenters. The number of carboxylic acid groups (broad SMARTS) is 1. The number of methoxy groups -OCH3 is 1.